The lowest BCUT2D eigenvalue weighted by molar-refractivity contribution is -0.129. The normalized spacial score (nSPS) is 15.8. The summed E-state index contributed by atoms with van der Waals surface area (Å²) in [6.07, 6.45) is 2.48. The fourth-order valence-electron chi connectivity index (χ4n) is 2.83. The minimum absolute atomic E-state index is 0.00184. The molecule has 1 aliphatic rings. The van der Waals surface area contributed by atoms with Gasteiger partial charge in [0.15, 0.2) is 17.2 Å². The quantitative estimate of drug-likeness (QED) is 0.440. The van der Waals surface area contributed by atoms with Gasteiger partial charge in [0.1, 0.15) is 0 Å². The molecule has 2 aromatic rings. The predicted molar refractivity (Wildman–Crippen MR) is 115 cm³/mol. The highest BCUT2D eigenvalue weighted by Gasteiger charge is 2.25. The number of aliphatic imine (C=N–C) groups is 1. The Bertz CT molecular complexity index is 981. The molecule has 1 atom stereocenters. The fraction of sp³-hybridized carbons (Fsp3) is 0.304. The minimum atomic E-state index is -0.503. The van der Waals surface area contributed by atoms with Crippen molar-refractivity contribution in [1.29, 1.82) is 0 Å². The second kappa shape index (κ2) is 9.14. The Morgan fingerprint density at radius 2 is 2.00 bits per heavy atom. The Morgan fingerprint density at radius 1 is 1.24 bits per heavy atom. The van der Waals surface area contributed by atoms with Gasteiger partial charge in [-0.2, -0.15) is 0 Å². The molecule has 0 fully saturated rings. The molecule has 152 valence electrons. The third kappa shape index (κ3) is 4.80. The highest BCUT2D eigenvalue weighted by atomic mass is 35.5. The number of rotatable bonds is 7. The molecule has 5 nitrogen and oxygen atoms in total. The van der Waals surface area contributed by atoms with Crippen molar-refractivity contribution in [3.63, 3.8) is 0 Å². The van der Waals surface area contributed by atoms with Gasteiger partial charge in [-0.05, 0) is 62.6 Å². The number of carbonyl (C=O) groups is 1. The van der Waals surface area contributed by atoms with Gasteiger partial charge in [-0.1, -0.05) is 36.7 Å². The van der Waals surface area contributed by atoms with Crippen molar-refractivity contribution in [2.75, 3.05) is 6.61 Å². The van der Waals surface area contributed by atoms with E-state index in [9.17, 15) is 4.79 Å². The van der Waals surface area contributed by atoms with Crippen LogP contribution in [-0.2, 0) is 9.53 Å². The van der Waals surface area contributed by atoms with Crippen molar-refractivity contribution in [2.45, 2.75) is 40.2 Å². The lowest BCUT2D eigenvalue weighted by Crippen LogP contribution is -2.11. The lowest BCUT2D eigenvalue weighted by atomic mass is 10.1. The first-order valence-corrected chi connectivity index (χ1v) is 10.0. The minimum Gasteiger partial charge on any atom is -0.490 e. The predicted octanol–water partition coefficient (Wildman–Crippen LogP) is 5.57. The van der Waals surface area contributed by atoms with E-state index in [1.807, 2.05) is 52.0 Å². The summed E-state index contributed by atoms with van der Waals surface area (Å²) in [5.41, 5.74) is 2.65. The van der Waals surface area contributed by atoms with Crippen LogP contribution in [0.25, 0.3) is 6.08 Å². The SMILES string of the molecule is CCOc1cc(/C=C2\N=C(c3ccccc3C)OC2=O)cc(Cl)c1OC(C)CC. The molecule has 0 N–H and O–H groups in total. The molecule has 1 unspecified atom stereocenters. The Morgan fingerprint density at radius 3 is 2.69 bits per heavy atom. The molecule has 0 bridgehead atoms. The summed E-state index contributed by atoms with van der Waals surface area (Å²) in [5, 5.41) is 0.414. The van der Waals surface area contributed by atoms with Gasteiger partial charge >= 0.3 is 5.97 Å². The van der Waals surface area contributed by atoms with Crippen LogP contribution in [0.3, 0.4) is 0 Å². The number of aryl methyl sites for hydroxylation is 1. The van der Waals surface area contributed by atoms with Gasteiger partial charge in [0.05, 0.1) is 17.7 Å². The van der Waals surface area contributed by atoms with E-state index in [0.717, 1.165) is 17.5 Å². The Labute approximate surface area is 176 Å². The highest BCUT2D eigenvalue weighted by molar-refractivity contribution is 6.32. The maximum Gasteiger partial charge on any atom is 0.363 e. The molecule has 2 aromatic carbocycles. The van der Waals surface area contributed by atoms with Gasteiger partial charge in [0.25, 0.3) is 0 Å². The molecule has 0 aliphatic carbocycles. The van der Waals surface area contributed by atoms with Crippen LogP contribution in [0, 0.1) is 6.92 Å². The second-order valence-electron chi connectivity index (χ2n) is 6.75. The molecule has 0 amide bonds. The summed E-state index contributed by atoms with van der Waals surface area (Å²) in [7, 11) is 0. The van der Waals surface area contributed by atoms with Crippen LogP contribution < -0.4 is 9.47 Å². The second-order valence-corrected chi connectivity index (χ2v) is 7.16. The Hall–Kier alpha value is -2.79. The molecular weight excluding hydrogens is 390 g/mol. The van der Waals surface area contributed by atoms with Gasteiger partial charge < -0.3 is 14.2 Å². The van der Waals surface area contributed by atoms with Crippen LogP contribution in [0.5, 0.6) is 11.5 Å². The van der Waals surface area contributed by atoms with E-state index in [0.29, 0.717) is 34.6 Å². The summed E-state index contributed by atoms with van der Waals surface area (Å²) in [6.45, 7) is 8.30. The summed E-state index contributed by atoms with van der Waals surface area (Å²) < 4.78 is 17.0. The molecule has 0 radical (unpaired) electrons. The molecule has 6 heteroatoms. The van der Waals surface area contributed by atoms with E-state index in [1.165, 1.54) is 0 Å². The highest BCUT2D eigenvalue weighted by Crippen LogP contribution is 2.38. The standard InChI is InChI=1S/C23H24ClNO4/c1-5-15(4)28-21-18(24)11-16(13-20(21)27-6-2)12-19-23(26)29-22(25-19)17-10-8-7-9-14(17)3/h7-13,15H,5-6H2,1-4H3/b19-12-. The molecule has 0 spiro atoms. The molecule has 1 heterocycles. The first-order valence-electron chi connectivity index (χ1n) is 9.64. The average Bonchev–Trinajstić information content (AvgIpc) is 3.05. The summed E-state index contributed by atoms with van der Waals surface area (Å²) in [5.74, 6) is 0.828. The summed E-state index contributed by atoms with van der Waals surface area (Å²) >= 11 is 6.45. The third-order valence-electron chi connectivity index (χ3n) is 4.53. The molecule has 0 saturated heterocycles. The van der Waals surface area contributed by atoms with Crippen molar-refractivity contribution in [3.05, 3.63) is 63.8 Å². The van der Waals surface area contributed by atoms with Gasteiger partial charge in [0.2, 0.25) is 5.90 Å². The van der Waals surface area contributed by atoms with Gasteiger partial charge in [-0.3, -0.25) is 0 Å². The number of halogens is 1. The summed E-state index contributed by atoms with van der Waals surface area (Å²) in [4.78, 5) is 16.7. The maximum absolute atomic E-state index is 12.3. The fourth-order valence-corrected chi connectivity index (χ4v) is 3.09. The van der Waals surface area contributed by atoms with E-state index in [2.05, 4.69) is 4.99 Å². The average molecular weight is 414 g/mol. The van der Waals surface area contributed by atoms with Gasteiger partial charge in [-0.15, -0.1) is 0 Å². The maximum atomic E-state index is 12.3. The number of cyclic esters (lactones) is 1. The van der Waals surface area contributed by atoms with E-state index in [1.54, 1.807) is 18.2 Å². The van der Waals surface area contributed by atoms with Crippen molar-refractivity contribution in [2.24, 2.45) is 4.99 Å². The van der Waals surface area contributed by atoms with Crippen LogP contribution in [-0.4, -0.2) is 24.6 Å². The van der Waals surface area contributed by atoms with Gasteiger partial charge in [-0.25, -0.2) is 9.79 Å². The van der Waals surface area contributed by atoms with Crippen LogP contribution >= 0.6 is 11.6 Å². The van der Waals surface area contributed by atoms with Crippen molar-refractivity contribution in [3.8, 4) is 11.5 Å². The van der Waals surface area contributed by atoms with Crippen molar-refractivity contribution >= 4 is 29.5 Å². The topological polar surface area (TPSA) is 57.1 Å². The molecule has 1 aliphatic heterocycles. The molecule has 0 saturated carbocycles. The van der Waals surface area contributed by atoms with Crippen molar-refractivity contribution in [1.82, 2.24) is 0 Å². The zero-order chi connectivity index (χ0) is 21.0. The van der Waals surface area contributed by atoms with E-state index in [-0.39, 0.29) is 11.8 Å². The lowest BCUT2D eigenvalue weighted by Gasteiger charge is -2.18. The Balaban J connectivity index is 1.97. The first kappa shape index (κ1) is 20.9. The van der Waals surface area contributed by atoms with Crippen molar-refractivity contribution < 1.29 is 19.0 Å². The Kier molecular flexibility index (Phi) is 6.60. The number of hydrogen-bond donors (Lipinski definition) is 0. The molecule has 0 aromatic heterocycles. The summed E-state index contributed by atoms with van der Waals surface area (Å²) in [6, 6.07) is 11.1. The van der Waals surface area contributed by atoms with E-state index in [4.69, 9.17) is 25.8 Å². The van der Waals surface area contributed by atoms with Gasteiger partial charge in [0, 0.05) is 5.56 Å². The zero-order valence-electron chi connectivity index (χ0n) is 17.0. The van der Waals surface area contributed by atoms with Crippen LogP contribution in [0.2, 0.25) is 5.02 Å². The first-order chi connectivity index (χ1) is 13.9. The number of carbonyl (C=O) groups excluding carboxylic acids is 1. The third-order valence-corrected chi connectivity index (χ3v) is 4.81. The number of esters is 1. The number of nitrogens with zero attached hydrogens (tertiary/aromatic N) is 1. The molecular formula is C23H24ClNO4. The molecule has 29 heavy (non-hydrogen) atoms. The number of benzene rings is 2. The van der Waals surface area contributed by atoms with Crippen LogP contribution in [0.4, 0.5) is 0 Å². The van der Waals surface area contributed by atoms with Crippen LogP contribution in [0.15, 0.2) is 47.1 Å². The van der Waals surface area contributed by atoms with E-state index >= 15 is 0 Å². The monoisotopic (exact) mass is 413 g/mol. The van der Waals surface area contributed by atoms with Crippen LogP contribution in [0.1, 0.15) is 43.9 Å². The zero-order valence-corrected chi connectivity index (χ0v) is 17.7. The number of hydrogen-bond acceptors (Lipinski definition) is 5. The number of ether oxygens (including phenoxy) is 3. The smallest absolute Gasteiger partial charge is 0.363 e. The van der Waals surface area contributed by atoms with E-state index < -0.39 is 5.97 Å². The largest absolute Gasteiger partial charge is 0.490 e. The molecule has 3 rings (SSSR count).